The lowest BCUT2D eigenvalue weighted by Crippen LogP contribution is -2.24. The molecule has 1 aliphatic carbocycles. The van der Waals surface area contributed by atoms with E-state index < -0.39 is 0 Å². The summed E-state index contributed by atoms with van der Waals surface area (Å²) in [6, 6.07) is 8.21. The van der Waals surface area contributed by atoms with Gasteiger partial charge in [-0.2, -0.15) is 5.26 Å². The molecule has 0 amide bonds. The number of nitrogens with zero attached hydrogens (tertiary/aromatic N) is 3. The number of nitrogens with one attached hydrogen (secondary N) is 1. The molecule has 1 atom stereocenters. The Hall–Kier alpha value is -2.32. The Balaban J connectivity index is 1.58. The van der Waals surface area contributed by atoms with Gasteiger partial charge in [0.05, 0.1) is 30.5 Å². The second-order valence-corrected chi connectivity index (χ2v) is 7.02. The van der Waals surface area contributed by atoms with Gasteiger partial charge in [-0.1, -0.05) is 0 Å². The van der Waals surface area contributed by atoms with Crippen LogP contribution in [0.2, 0.25) is 0 Å². The normalized spacial score (nSPS) is 20.2. The molecule has 0 spiro atoms. The van der Waals surface area contributed by atoms with E-state index in [-0.39, 0.29) is 0 Å². The average Bonchev–Trinajstić information content (AvgIpc) is 3.27. The predicted octanol–water partition coefficient (Wildman–Crippen LogP) is 3.51. The molecule has 0 bridgehead atoms. The lowest BCUT2D eigenvalue weighted by atomic mass is 10.0. The maximum Gasteiger partial charge on any atom is 0.124 e. The molecule has 0 unspecified atom stereocenters. The summed E-state index contributed by atoms with van der Waals surface area (Å²) in [5, 5.41) is 9.19. The van der Waals surface area contributed by atoms with Crippen LogP contribution in [0.5, 0.6) is 5.75 Å². The summed E-state index contributed by atoms with van der Waals surface area (Å²) in [5.74, 6) is 1.98. The van der Waals surface area contributed by atoms with Gasteiger partial charge in [0, 0.05) is 17.8 Å². The van der Waals surface area contributed by atoms with Crippen molar-refractivity contribution < 1.29 is 4.74 Å². The maximum absolute atomic E-state index is 9.19. The zero-order valence-corrected chi connectivity index (χ0v) is 14.7. The first kappa shape index (κ1) is 16.2. The third-order valence-corrected chi connectivity index (χ3v) is 5.44. The summed E-state index contributed by atoms with van der Waals surface area (Å²) in [6.45, 7) is 1.84. The second-order valence-electron chi connectivity index (χ2n) is 7.02. The number of fused-ring (bicyclic) bond motifs is 1. The van der Waals surface area contributed by atoms with Crippen LogP contribution in [-0.2, 0) is 19.4 Å². The Bertz CT molecular complexity index is 781. The summed E-state index contributed by atoms with van der Waals surface area (Å²) < 4.78 is 5.50. The highest BCUT2D eigenvalue weighted by atomic mass is 16.5. The van der Waals surface area contributed by atoms with Gasteiger partial charge in [-0.3, -0.25) is 4.90 Å². The lowest BCUT2D eigenvalue weighted by Gasteiger charge is -2.24. The van der Waals surface area contributed by atoms with Gasteiger partial charge < -0.3 is 9.72 Å². The molecule has 4 rings (SSSR count). The van der Waals surface area contributed by atoms with E-state index in [1.165, 1.54) is 30.7 Å². The highest BCUT2D eigenvalue weighted by Gasteiger charge is 2.30. The summed E-state index contributed by atoms with van der Waals surface area (Å²) in [5.41, 5.74) is 4.37. The first-order valence-electron chi connectivity index (χ1n) is 9.17. The molecule has 130 valence electrons. The van der Waals surface area contributed by atoms with E-state index in [1.807, 2.05) is 18.2 Å². The van der Waals surface area contributed by atoms with Gasteiger partial charge in [0.1, 0.15) is 11.6 Å². The number of benzene rings is 1. The molecule has 2 aliphatic rings. The van der Waals surface area contributed by atoms with Crippen LogP contribution in [0.3, 0.4) is 0 Å². The first-order chi connectivity index (χ1) is 12.3. The van der Waals surface area contributed by atoms with Crippen molar-refractivity contribution in [3.63, 3.8) is 0 Å². The van der Waals surface area contributed by atoms with E-state index in [9.17, 15) is 5.26 Å². The Labute approximate surface area is 148 Å². The monoisotopic (exact) mass is 336 g/mol. The Morgan fingerprint density at radius 1 is 1.32 bits per heavy atom. The minimum atomic E-state index is 0.334. The first-order valence-corrected chi connectivity index (χ1v) is 9.17. The molecular formula is C20H24N4O. The van der Waals surface area contributed by atoms with Crippen LogP contribution >= 0.6 is 0 Å². The molecule has 25 heavy (non-hydrogen) atoms. The largest absolute Gasteiger partial charge is 0.496 e. The number of hydrogen-bond acceptors (Lipinski definition) is 4. The van der Waals surface area contributed by atoms with E-state index in [0.29, 0.717) is 11.6 Å². The fourth-order valence-corrected chi connectivity index (χ4v) is 4.15. The van der Waals surface area contributed by atoms with Crippen molar-refractivity contribution in [2.45, 2.75) is 51.1 Å². The molecule has 1 saturated heterocycles. The molecule has 5 nitrogen and oxygen atoms in total. The minimum absolute atomic E-state index is 0.334. The van der Waals surface area contributed by atoms with Gasteiger partial charge in [-0.25, -0.2) is 4.98 Å². The fourth-order valence-electron chi connectivity index (χ4n) is 4.15. The zero-order valence-electron chi connectivity index (χ0n) is 14.7. The molecule has 2 aromatic rings. The molecule has 0 radical (unpaired) electrons. The third kappa shape index (κ3) is 3.14. The number of aromatic amines is 1. The fraction of sp³-hybridized carbons (Fsp3) is 0.500. The van der Waals surface area contributed by atoms with Gasteiger partial charge in [-0.05, 0) is 63.3 Å². The number of hydrogen-bond donors (Lipinski definition) is 1. The standard InChI is InChI=1S/C20H24N4O/c1-25-19-9-8-14(12-21)11-15(19)13-24-10-4-7-18(24)20-22-16-5-2-3-6-17(16)23-20/h8-9,11,18H,2-7,10,13H2,1H3,(H,22,23)/t18-/m1/s1. The van der Waals surface area contributed by atoms with Crippen molar-refractivity contribution in [1.29, 1.82) is 5.26 Å². The van der Waals surface area contributed by atoms with Gasteiger partial charge in [0.15, 0.2) is 0 Å². The van der Waals surface area contributed by atoms with Gasteiger partial charge >= 0.3 is 0 Å². The molecule has 1 aromatic carbocycles. The molecule has 2 heterocycles. The number of likely N-dealkylation sites (tertiary alicyclic amines) is 1. The lowest BCUT2D eigenvalue weighted by molar-refractivity contribution is 0.237. The molecular weight excluding hydrogens is 312 g/mol. The van der Waals surface area contributed by atoms with E-state index in [0.717, 1.165) is 49.5 Å². The van der Waals surface area contributed by atoms with Crippen molar-refractivity contribution in [2.75, 3.05) is 13.7 Å². The van der Waals surface area contributed by atoms with E-state index in [2.05, 4.69) is 16.0 Å². The second kappa shape index (κ2) is 6.89. The van der Waals surface area contributed by atoms with Crippen molar-refractivity contribution in [3.8, 4) is 11.8 Å². The Morgan fingerprint density at radius 3 is 3.00 bits per heavy atom. The van der Waals surface area contributed by atoms with Crippen molar-refractivity contribution in [3.05, 3.63) is 46.5 Å². The zero-order chi connectivity index (χ0) is 17.2. The Kier molecular flexibility index (Phi) is 4.46. The summed E-state index contributed by atoms with van der Waals surface area (Å²) in [7, 11) is 1.69. The highest BCUT2D eigenvalue weighted by molar-refractivity contribution is 5.42. The number of aromatic nitrogens is 2. The summed E-state index contributed by atoms with van der Waals surface area (Å²) >= 11 is 0. The number of rotatable bonds is 4. The topological polar surface area (TPSA) is 64.9 Å². The minimum Gasteiger partial charge on any atom is -0.496 e. The van der Waals surface area contributed by atoms with E-state index in [1.54, 1.807) is 7.11 Å². The number of aryl methyl sites for hydroxylation is 2. The predicted molar refractivity (Wildman–Crippen MR) is 95.3 cm³/mol. The van der Waals surface area contributed by atoms with Crippen LogP contribution in [0.25, 0.3) is 0 Å². The molecule has 1 aliphatic heterocycles. The van der Waals surface area contributed by atoms with Crippen LogP contribution in [0.1, 0.15) is 60.1 Å². The average molecular weight is 336 g/mol. The van der Waals surface area contributed by atoms with Crippen LogP contribution in [0.4, 0.5) is 0 Å². The molecule has 1 fully saturated rings. The van der Waals surface area contributed by atoms with Crippen LogP contribution in [-0.4, -0.2) is 28.5 Å². The SMILES string of the molecule is COc1ccc(C#N)cc1CN1CCC[C@@H]1c1nc2c([nH]1)CCCC2. The summed E-state index contributed by atoms with van der Waals surface area (Å²) in [6.07, 6.45) is 7.07. The molecule has 0 saturated carbocycles. The number of nitriles is 1. The summed E-state index contributed by atoms with van der Waals surface area (Å²) in [4.78, 5) is 11.0. The van der Waals surface area contributed by atoms with Crippen molar-refractivity contribution in [2.24, 2.45) is 0 Å². The number of H-pyrrole nitrogens is 1. The maximum atomic E-state index is 9.19. The number of ether oxygens (including phenoxy) is 1. The van der Waals surface area contributed by atoms with E-state index in [4.69, 9.17) is 9.72 Å². The van der Waals surface area contributed by atoms with Crippen molar-refractivity contribution >= 4 is 0 Å². The van der Waals surface area contributed by atoms with Gasteiger partial charge in [-0.15, -0.1) is 0 Å². The Morgan fingerprint density at radius 2 is 2.20 bits per heavy atom. The molecule has 5 heteroatoms. The molecule has 1 aromatic heterocycles. The smallest absolute Gasteiger partial charge is 0.124 e. The van der Waals surface area contributed by atoms with Gasteiger partial charge in [0.2, 0.25) is 0 Å². The number of imidazole rings is 1. The van der Waals surface area contributed by atoms with Crippen LogP contribution < -0.4 is 4.74 Å². The highest BCUT2D eigenvalue weighted by Crippen LogP contribution is 2.34. The third-order valence-electron chi connectivity index (χ3n) is 5.44. The van der Waals surface area contributed by atoms with Crippen molar-refractivity contribution in [1.82, 2.24) is 14.9 Å². The van der Waals surface area contributed by atoms with Crippen LogP contribution in [0.15, 0.2) is 18.2 Å². The van der Waals surface area contributed by atoms with E-state index >= 15 is 0 Å². The van der Waals surface area contributed by atoms with Gasteiger partial charge in [0.25, 0.3) is 0 Å². The quantitative estimate of drug-likeness (QED) is 0.928. The number of methoxy groups -OCH3 is 1. The van der Waals surface area contributed by atoms with Crippen LogP contribution in [0, 0.1) is 11.3 Å². The molecule has 1 N–H and O–H groups in total.